The van der Waals surface area contributed by atoms with E-state index in [0.29, 0.717) is 0 Å². The molecule has 0 spiro atoms. The van der Waals surface area contributed by atoms with Crippen LogP contribution in [0.1, 0.15) is 36.9 Å². The van der Waals surface area contributed by atoms with Crippen molar-refractivity contribution in [3.8, 4) is 0 Å². The summed E-state index contributed by atoms with van der Waals surface area (Å²) in [5, 5.41) is 8.02. The highest BCUT2D eigenvalue weighted by Crippen LogP contribution is 2.09. The number of nitrogens with zero attached hydrogens (tertiary/aromatic N) is 3. The molecular weight excluding hydrogens is 248 g/mol. The molecule has 1 N–H and O–H groups in total. The number of likely N-dealkylation sites (tertiary alicyclic amines) is 1. The number of hydrogen-bond acceptors (Lipinski definition) is 3. The van der Waals surface area contributed by atoms with Crippen LogP contribution in [0.4, 0.5) is 0 Å². The van der Waals surface area contributed by atoms with Gasteiger partial charge in [0.25, 0.3) is 0 Å². The molecule has 1 aliphatic heterocycles. The lowest BCUT2D eigenvalue weighted by Gasteiger charge is -2.19. The Balaban J connectivity index is 1.68. The molecule has 1 aromatic rings. The van der Waals surface area contributed by atoms with Crippen LogP contribution in [0.25, 0.3) is 0 Å². The molecular formula is C16H28N4. The van der Waals surface area contributed by atoms with Crippen LogP contribution < -0.4 is 5.32 Å². The molecule has 4 nitrogen and oxygen atoms in total. The van der Waals surface area contributed by atoms with Crippen molar-refractivity contribution in [1.29, 1.82) is 0 Å². The van der Waals surface area contributed by atoms with E-state index in [1.165, 1.54) is 50.9 Å². The largest absolute Gasteiger partial charge is 0.311 e. The van der Waals surface area contributed by atoms with E-state index < -0.39 is 0 Å². The molecule has 4 heteroatoms. The lowest BCUT2D eigenvalue weighted by molar-refractivity contribution is 0.284. The summed E-state index contributed by atoms with van der Waals surface area (Å²) in [5.74, 6) is 0. The topological polar surface area (TPSA) is 33.1 Å². The maximum atomic E-state index is 4.48. The molecule has 0 bridgehead atoms. The van der Waals surface area contributed by atoms with Gasteiger partial charge in [0.1, 0.15) is 0 Å². The molecule has 0 aromatic carbocycles. The summed E-state index contributed by atoms with van der Waals surface area (Å²) < 4.78 is 1.95. The van der Waals surface area contributed by atoms with Gasteiger partial charge in [-0.25, -0.2) is 0 Å². The van der Waals surface area contributed by atoms with E-state index in [9.17, 15) is 0 Å². The Labute approximate surface area is 122 Å². The fraction of sp³-hybridized carbons (Fsp3) is 0.688. The molecule has 112 valence electrons. The van der Waals surface area contributed by atoms with Crippen molar-refractivity contribution in [3.63, 3.8) is 0 Å². The highest BCUT2D eigenvalue weighted by atomic mass is 15.3. The smallest absolute Gasteiger partial charge is 0.0638 e. The summed E-state index contributed by atoms with van der Waals surface area (Å²) in [5.41, 5.74) is 2.41. The zero-order valence-electron chi connectivity index (χ0n) is 12.8. The molecule has 0 radical (unpaired) electrons. The fourth-order valence-electron chi connectivity index (χ4n) is 2.78. The maximum absolute atomic E-state index is 4.48. The maximum Gasteiger partial charge on any atom is 0.0638 e. The van der Waals surface area contributed by atoms with Crippen LogP contribution in [0.3, 0.4) is 0 Å². The van der Waals surface area contributed by atoms with E-state index in [1.54, 1.807) is 0 Å². The van der Waals surface area contributed by atoms with Crippen LogP contribution in [0.5, 0.6) is 0 Å². The highest BCUT2D eigenvalue weighted by Gasteiger charge is 2.08. The average molecular weight is 276 g/mol. The van der Waals surface area contributed by atoms with E-state index in [2.05, 4.69) is 35.0 Å². The molecule has 2 rings (SSSR count). The minimum absolute atomic E-state index is 0.786. The molecule has 20 heavy (non-hydrogen) atoms. The van der Waals surface area contributed by atoms with Crippen LogP contribution in [0, 0.1) is 6.92 Å². The summed E-state index contributed by atoms with van der Waals surface area (Å²) in [4.78, 5) is 2.59. The molecule has 0 unspecified atom stereocenters. The Kier molecular flexibility index (Phi) is 6.27. The van der Waals surface area contributed by atoms with Gasteiger partial charge in [-0.1, -0.05) is 18.9 Å². The van der Waals surface area contributed by atoms with Gasteiger partial charge in [-0.15, -0.1) is 6.58 Å². The Morgan fingerprint density at radius 2 is 2.05 bits per heavy atom. The second-order valence-electron chi connectivity index (χ2n) is 5.68. The first kappa shape index (κ1) is 15.3. The van der Waals surface area contributed by atoms with Crippen molar-refractivity contribution in [3.05, 3.63) is 30.1 Å². The highest BCUT2D eigenvalue weighted by molar-refractivity contribution is 5.15. The quantitative estimate of drug-likeness (QED) is 0.613. The zero-order valence-corrected chi connectivity index (χ0v) is 12.8. The van der Waals surface area contributed by atoms with Crippen LogP contribution in [-0.4, -0.2) is 40.9 Å². The van der Waals surface area contributed by atoms with E-state index >= 15 is 0 Å². The minimum atomic E-state index is 0.786. The van der Waals surface area contributed by atoms with Gasteiger partial charge in [0.05, 0.1) is 12.2 Å². The number of hydrogen-bond donors (Lipinski definition) is 1. The molecule has 0 atom stereocenters. The zero-order chi connectivity index (χ0) is 14.2. The standard InChI is InChI=1S/C16H28N4/c1-3-9-20-14-16(15(2)18-20)13-17-8-12-19-10-6-4-5-7-11-19/h3,14,17H,1,4-13H2,2H3. The molecule has 1 saturated heterocycles. The normalized spacial score (nSPS) is 17.1. The molecule has 2 heterocycles. The predicted octanol–water partition coefficient (Wildman–Crippen LogP) is 2.34. The fourth-order valence-corrected chi connectivity index (χ4v) is 2.78. The van der Waals surface area contributed by atoms with Gasteiger partial charge in [0.15, 0.2) is 0 Å². The van der Waals surface area contributed by atoms with E-state index in [-0.39, 0.29) is 0 Å². The summed E-state index contributed by atoms with van der Waals surface area (Å²) in [6.07, 6.45) is 9.55. The van der Waals surface area contributed by atoms with Crippen LogP contribution in [0.2, 0.25) is 0 Å². The molecule has 0 aliphatic carbocycles. The first-order valence-corrected chi connectivity index (χ1v) is 7.86. The van der Waals surface area contributed by atoms with E-state index in [4.69, 9.17) is 0 Å². The number of rotatable bonds is 7. The van der Waals surface area contributed by atoms with Crippen LogP contribution >= 0.6 is 0 Å². The summed E-state index contributed by atoms with van der Waals surface area (Å²) >= 11 is 0. The van der Waals surface area contributed by atoms with Crippen LogP contribution in [-0.2, 0) is 13.1 Å². The Bertz CT molecular complexity index is 403. The average Bonchev–Trinajstić information content (AvgIpc) is 2.66. The first-order valence-electron chi connectivity index (χ1n) is 7.86. The van der Waals surface area contributed by atoms with E-state index in [1.807, 2.05) is 10.8 Å². The van der Waals surface area contributed by atoms with Gasteiger partial charge in [-0.2, -0.15) is 5.10 Å². The third-order valence-corrected chi connectivity index (χ3v) is 3.98. The van der Waals surface area contributed by atoms with Gasteiger partial charge < -0.3 is 10.2 Å². The van der Waals surface area contributed by atoms with Gasteiger partial charge in [-0.05, 0) is 32.9 Å². The molecule has 1 fully saturated rings. The SMILES string of the molecule is C=CCn1cc(CNCCN2CCCCCC2)c(C)n1. The molecule has 1 aromatic heterocycles. The first-order chi connectivity index (χ1) is 9.79. The van der Waals surface area contributed by atoms with Crippen molar-refractivity contribution in [2.75, 3.05) is 26.2 Å². The molecule has 1 aliphatic rings. The Hall–Kier alpha value is -1.13. The van der Waals surface area contributed by atoms with Crippen molar-refractivity contribution in [2.45, 2.75) is 45.7 Å². The van der Waals surface area contributed by atoms with Crippen molar-refractivity contribution >= 4 is 0 Å². The Morgan fingerprint density at radius 3 is 2.75 bits per heavy atom. The lowest BCUT2D eigenvalue weighted by Crippen LogP contribution is -2.32. The number of nitrogens with one attached hydrogen (secondary N) is 1. The van der Waals surface area contributed by atoms with Gasteiger partial charge >= 0.3 is 0 Å². The van der Waals surface area contributed by atoms with Gasteiger partial charge in [0.2, 0.25) is 0 Å². The summed E-state index contributed by atoms with van der Waals surface area (Å²) in [6.45, 7) is 12.3. The Morgan fingerprint density at radius 1 is 1.30 bits per heavy atom. The molecule has 0 amide bonds. The number of aryl methyl sites for hydroxylation is 1. The molecule has 0 saturated carbocycles. The van der Waals surface area contributed by atoms with Gasteiger partial charge in [0, 0.05) is 31.4 Å². The van der Waals surface area contributed by atoms with Crippen molar-refractivity contribution < 1.29 is 0 Å². The second-order valence-corrected chi connectivity index (χ2v) is 5.68. The predicted molar refractivity (Wildman–Crippen MR) is 83.8 cm³/mol. The van der Waals surface area contributed by atoms with Crippen molar-refractivity contribution in [2.24, 2.45) is 0 Å². The second kappa shape index (κ2) is 8.22. The van der Waals surface area contributed by atoms with Gasteiger partial charge in [-0.3, -0.25) is 4.68 Å². The lowest BCUT2D eigenvalue weighted by atomic mass is 10.2. The number of aromatic nitrogens is 2. The summed E-state index contributed by atoms with van der Waals surface area (Å²) in [6, 6.07) is 0. The van der Waals surface area contributed by atoms with Crippen molar-refractivity contribution in [1.82, 2.24) is 20.0 Å². The summed E-state index contributed by atoms with van der Waals surface area (Å²) in [7, 11) is 0. The monoisotopic (exact) mass is 276 g/mol. The third kappa shape index (κ3) is 4.76. The number of allylic oxidation sites excluding steroid dienone is 1. The minimum Gasteiger partial charge on any atom is -0.311 e. The van der Waals surface area contributed by atoms with E-state index in [0.717, 1.165) is 25.3 Å². The third-order valence-electron chi connectivity index (χ3n) is 3.98. The van der Waals surface area contributed by atoms with Crippen LogP contribution in [0.15, 0.2) is 18.9 Å².